The van der Waals surface area contributed by atoms with Crippen molar-refractivity contribution in [2.24, 2.45) is 0 Å². The molecule has 0 unspecified atom stereocenters. The highest BCUT2D eigenvalue weighted by atomic mass is 14.8. The van der Waals surface area contributed by atoms with Gasteiger partial charge in [0.1, 0.15) is 0 Å². The molecule has 3 heterocycles. The van der Waals surface area contributed by atoms with E-state index in [4.69, 9.17) is 4.98 Å². The number of benzene rings is 3. The molecule has 0 amide bonds. The van der Waals surface area contributed by atoms with Crippen LogP contribution < -0.4 is 0 Å². The molecule has 0 radical (unpaired) electrons. The Labute approximate surface area is 231 Å². The van der Waals surface area contributed by atoms with Crippen molar-refractivity contribution in [1.82, 2.24) is 15.0 Å². The minimum absolute atomic E-state index is 0.0182. The first-order valence-corrected chi connectivity index (χ1v) is 13.7. The minimum atomic E-state index is -0.0188. The number of aromatic amines is 1. The zero-order valence-electron chi connectivity index (χ0n) is 23.6. The average molecular weight is 510 g/mol. The smallest absolute Gasteiger partial charge is 0.0893 e. The molecular weight excluding hydrogens is 474 g/mol. The first-order valence-electron chi connectivity index (χ1n) is 13.7. The van der Waals surface area contributed by atoms with Crippen LogP contribution >= 0.6 is 0 Å². The third-order valence-electron chi connectivity index (χ3n) is 7.59. The van der Waals surface area contributed by atoms with Crippen molar-refractivity contribution in [3.8, 4) is 33.8 Å². The number of hydrogen-bond donors (Lipinski definition) is 1. The number of nitrogens with one attached hydrogen (secondary N) is 1. The summed E-state index contributed by atoms with van der Waals surface area (Å²) in [6, 6.07) is 32.3. The standard InChI is InChI=1S/C36H35N3/c1-35(2,3)24-19-26(23-13-8-7-9-14-23)33-27(20-24)28-21-25(36(4,5)6)22-29(34(28)39-33)30-16-12-17-32(38-30)31-15-10-11-18-37-31/h7-22,39H,1-6H3. The normalized spacial score (nSPS) is 12.4. The van der Waals surface area contributed by atoms with Crippen molar-refractivity contribution in [1.29, 1.82) is 0 Å². The second kappa shape index (κ2) is 9.20. The Morgan fingerprint density at radius 2 is 1.10 bits per heavy atom. The maximum atomic E-state index is 5.11. The van der Waals surface area contributed by atoms with Gasteiger partial charge in [-0.1, -0.05) is 84.0 Å². The summed E-state index contributed by atoms with van der Waals surface area (Å²) >= 11 is 0. The molecule has 0 aliphatic heterocycles. The highest BCUT2D eigenvalue weighted by Crippen LogP contribution is 2.42. The summed E-state index contributed by atoms with van der Waals surface area (Å²) in [5, 5.41) is 2.49. The number of aromatic nitrogens is 3. The molecule has 0 bridgehead atoms. The largest absolute Gasteiger partial charge is 0.353 e. The summed E-state index contributed by atoms with van der Waals surface area (Å²) < 4.78 is 0. The van der Waals surface area contributed by atoms with Gasteiger partial charge < -0.3 is 4.98 Å². The predicted molar refractivity (Wildman–Crippen MR) is 165 cm³/mol. The van der Waals surface area contributed by atoms with Crippen molar-refractivity contribution < 1.29 is 0 Å². The summed E-state index contributed by atoms with van der Waals surface area (Å²) in [6.07, 6.45) is 1.82. The number of nitrogens with zero attached hydrogens (tertiary/aromatic N) is 2. The molecule has 194 valence electrons. The third kappa shape index (κ3) is 4.63. The molecule has 1 N–H and O–H groups in total. The quantitative estimate of drug-likeness (QED) is 0.258. The zero-order valence-corrected chi connectivity index (χ0v) is 23.6. The second-order valence-corrected chi connectivity index (χ2v) is 12.5. The summed E-state index contributed by atoms with van der Waals surface area (Å²) in [7, 11) is 0. The Morgan fingerprint density at radius 3 is 1.72 bits per heavy atom. The van der Waals surface area contributed by atoms with Gasteiger partial charge in [0, 0.05) is 28.1 Å². The molecule has 3 nitrogen and oxygen atoms in total. The van der Waals surface area contributed by atoms with Crippen molar-refractivity contribution in [3.63, 3.8) is 0 Å². The van der Waals surface area contributed by atoms with E-state index in [0.29, 0.717) is 0 Å². The highest BCUT2D eigenvalue weighted by Gasteiger charge is 2.23. The molecule has 6 aromatic rings. The molecule has 0 saturated heterocycles. The number of fused-ring (bicyclic) bond motifs is 3. The molecule has 6 rings (SSSR count). The summed E-state index contributed by atoms with van der Waals surface area (Å²) in [4.78, 5) is 13.5. The van der Waals surface area contributed by atoms with Gasteiger partial charge in [-0.3, -0.25) is 4.98 Å². The first kappa shape index (κ1) is 25.1. The fourth-order valence-electron chi connectivity index (χ4n) is 5.26. The van der Waals surface area contributed by atoms with Crippen LogP contribution in [0, 0.1) is 0 Å². The SMILES string of the molecule is CC(C)(C)c1cc(-c2ccccc2)c2[nH]c3c(-c4cccc(-c5ccccn5)n4)cc(C(C)(C)C)cc3c2c1. The van der Waals surface area contributed by atoms with Crippen LogP contribution in [-0.4, -0.2) is 15.0 Å². The van der Waals surface area contributed by atoms with Gasteiger partial charge in [-0.05, 0) is 76.1 Å². The lowest BCUT2D eigenvalue weighted by Crippen LogP contribution is -2.11. The molecule has 3 aromatic heterocycles. The van der Waals surface area contributed by atoms with Crippen LogP contribution in [0.1, 0.15) is 52.7 Å². The molecule has 39 heavy (non-hydrogen) atoms. The van der Waals surface area contributed by atoms with E-state index in [1.807, 2.05) is 30.5 Å². The van der Waals surface area contributed by atoms with Crippen molar-refractivity contribution in [3.05, 3.63) is 108 Å². The van der Waals surface area contributed by atoms with Gasteiger partial charge in [0.15, 0.2) is 0 Å². The third-order valence-corrected chi connectivity index (χ3v) is 7.59. The summed E-state index contributed by atoms with van der Waals surface area (Å²) in [5.74, 6) is 0. The maximum Gasteiger partial charge on any atom is 0.0893 e. The van der Waals surface area contributed by atoms with Crippen LogP contribution in [0.4, 0.5) is 0 Å². The van der Waals surface area contributed by atoms with Crippen LogP contribution in [0.5, 0.6) is 0 Å². The van der Waals surface area contributed by atoms with E-state index in [1.165, 1.54) is 33.0 Å². The van der Waals surface area contributed by atoms with Crippen LogP contribution in [0.3, 0.4) is 0 Å². The molecule has 3 aromatic carbocycles. The summed E-state index contributed by atoms with van der Waals surface area (Å²) in [6.45, 7) is 13.7. The van der Waals surface area contributed by atoms with E-state index in [9.17, 15) is 0 Å². The molecule has 0 atom stereocenters. The van der Waals surface area contributed by atoms with E-state index in [1.54, 1.807) is 0 Å². The molecule has 0 aliphatic carbocycles. The lowest BCUT2D eigenvalue weighted by molar-refractivity contribution is 0.590. The van der Waals surface area contributed by atoms with Gasteiger partial charge in [0.25, 0.3) is 0 Å². The van der Waals surface area contributed by atoms with Gasteiger partial charge in [-0.15, -0.1) is 0 Å². The Hall–Kier alpha value is -4.24. The fourth-order valence-corrected chi connectivity index (χ4v) is 5.26. The van der Waals surface area contributed by atoms with E-state index in [-0.39, 0.29) is 10.8 Å². The van der Waals surface area contributed by atoms with Crippen molar-refractivity contribution in [2.45, 2.75) is 52.4 Å². The fraction of sp³-hybridized carbons (Fsp3) is 0.222. The van der Waals surface area contributed by atoms with Crippen molar-refractivity contribution in [2.75, 3.05) is 0 Å². The summed E-state index contributed by atoms with van der Waals surface area (Å²) in [5.41, 5.74) is 11.1. The molecule has 0 spiro atoms. The van der Waals surface area contributed by atoms with E-state index >= 15 is 0 Å². The highest BCUT2D eigenvalue weighted by molar-refractivity contribution is 6.15. The second-order valence-electron chi connectivity index (χ2n) is 12.5. The van der Waals surface area contributed by atoms with Gasteiger partial charge >= 0.3 is 0 Å². The van der Waals surface area contributed by atoms with Crippen LogP contribution in [-0.2, 0) is 10.8 Å². The number of rotatable bonds is 3. The number of hydrogen-bond acceptors (Lipinski definition) is 2. The predicted octanol–water partition coefficient (Wildman–Crippen LogP) is 9.71. The molecule has 3 heteroatoms. The van der Waals surface area contributed by atoms with Gasteiger partial charge in [-0.25, -0.2) is 4.98 Å². The number of pyridine rings is 2. The Balaban J connectivity index is 1.70. The van der Waals surface area contributed by atoms with Gasteiger partial charge in [0.05, 0.1) is 28.1 Å². The van der Waals surface area contributed by atoms with E-state index in [2.05, 4.69) is 118 Å². The monoisotopic (exact) mass is 509 g/mol. The molecule has 0 saturated carbocycles. The molecule has 0 fully saturated rings. The van der Waals surface area contributed by atoms with Gasteiger partial charge in [-0.2, -0.15) is 0 Å². The van der Waals surface area contributed by atoms with Gasteiger partial charge in [0.2, 0.25) is 0 Å². The topological polar surface area (TPSA) is 41.6 Å². The molecule has 0 aliphatic rings. The maximum absolute atomic E-state index is 5.11. The Morgan fingerprint density at radius 1 is 0.538 bits per heavy atom. The van der Waals surface area contributed by atoms with Crippen LogP contribution in [0.15, 0.2) is 97.2 Å². The lowest BCUT2D eigenvalue weighted by Gasteiger charge is -2.21. The first-order chi connectivity index (χ1) is 18.6. The Bertz CT molecular complexity index is 1800. The Kier molecular flexibility index (Phi) is 5.91. The van der Waals surface area contributed by atoms with Crippen molar-refractivity contribution >= 4 is 21.8 Å². The van der Waals surface area contributed by atoms with E-state index < -0.39 is 0 Å². The van der Waals surface area contributed by atoms with E-state index in [0.717, 1.165) is 33.7 Å². The van der Waals surface area contributed by atoms with Crippen LogP contribution in [0.2, 0.25) is 0 Å². The average Bonchev–Trinajstić information content (AvgIpc) is 3.31. The molecular formula is C36H35N3. The minimum Gasteiger partial charge on any atom is -0.353 e. The number of H-pyrrole nitrogens is 1. The van der Waals surface area contributed by atoms with Crippen LogP contribution in [0.25, 0.3) is 55.6 Å². The zero-order chi connectivity index (χ0) is 27.4. The lowest BCUT2D eigenvalue weighted by atomic mass is 9.83.